The lowest BCUT2D eigenvalue weighted by Gasteiger charge is -2.18. The number of nitrogens with one attached hydrogen (secondary N) is 2. The van der Waals surface area contributed by atoms with Crippen LogP contribution in [0.4, 0.5) is 15.2 Å². The van der Waals surface area contributed by atoms with E-state index < -0.39 is 23.2 Å². The number of carbonyl (C=O) groups is 2. The predicted octanol–water partition coefficient (Wildman–Crippen LogP) is 4.53. The number of primary amides is 1. The Labute approximate surface area is 242 Å². The van der Waals surface area contributed by atoms with E-state index in [4.69, 9.17) is 10.8 Å². The molecule has 1 atom stereocenters. The first kappa shape index (κ1) is 29.9. The van der Waals surface area contributed by atoms with Crippen molar-refractivity contribution in [3.05, 3.63) is 101 Å². The fourth-order valence-corrected chi connectivity index (χ4v) is 5.50. The van der Waals surface area contributed by atoms with Crippen molar-refractivity contribution in [1.29, 1.82) is 0 Å². The summed E-state index contributed by atoms with van der Waals surface area (Å²) in [5, 5.41) is 25.7. The zero-order valence-electron chi connectivity index (χ0n) is 22.9. The first-order chi connectivity index (χ1) is 19.5. The SMILES string of the molecule is CC(C)(O)c1ccc(-c2cc(C(N)=O)c(Nc3cccc(CC(Cc4ccccc4)C(=O)NCCO)n3)s2)c(F)c1. The lowest BCUT2D eigenvalue weighted by atomic mass is 9.93. The smallest absolute Gasteiger partial charge is 0.251 e. The lowest BCUT2D eigenvalue weighted by molar-refractivity contribution is -0.125. The van der Waals surface area contributed by atoms with E-state index in [-0.39, 0.29) is 30.2 Å². The zero-order valence-corrected chi connectivity index (χ0v) is 23.7. The molecule has 10 heteroatoms. The monoisotopic (exact) mass is 576 g/mol. The van der Waals surface area contributed by atoms with Crippen molar-refractivity contribution in [3.8, 4) is 10.4 Å². The largest absolute Gasteiger partial charge is 0.395 e. The molecule has 0 aliphatic rings. The standard InChI is InChI=1S/C31H33FN4O4S/c1-31(2,40)21-11-12-23(25(32)17-21)26-18-24(28(33)38)30(41-26)36-27-10-6-9-22(35-27)16-20(29(39)34-13-14-37)15-19-7-4-3-5-8-19/h3-12,17-18,20,37,40H,13-16H2,1-2H3,(H2,33,38)(H,34,39)(H,35,36). The van der Waals surface area contributed by atoms with Gasteiger partial charge in [0, 0.05) is 35.0 Å². The lowest BCUT2D eigenvalue weighted by Crippen LogP contribution is -2.35. The third-order valence-corrected chi connectivity index (χ3v) is 7.63. The van der Waals surface area contributed by atoms with Crippen molar-refractivity contribution in [2.75, 3.05) is 18.5 Å². The Bertz CT molecular complexity index is 1520. The molecule has 214 valence electrons. The first-order valence-corrected chi connectivity index (χ1v) is 14.0. The molecule has 2 heterocycles. The van der Waals surface area contributed by atoms with Gasteiger partial charge in [-0.15, -0.1) is 11.3 Å². The van der Waals surface area contributed by atoms with E-state index in [9.17, 15) is 14.7 Å². The summed E-state index contributed by atoms with van der Waals surface area (Å²) < 4.78 is 15.0. The number of hydrogen-bond acceptors (Lipinski definition) is 7. The number of aliphatic hydroxyl groups excluding tert-OH is 1. The highest BCUT2D eigenvalue weighted by atomic mass is 32.1. The molecular formula is C31H33FN4O4S. The Morgan fingerprint density at radius 2 is 1.80 bits per heavy atom. The minimum absolute atomic E-state index is 0.153. The molecule has 2 aromatic heterocycles. The van der Waals surface area contributed by atoms with Gasteiger partial charge in [0.05, 0.1) is 17.8 Å². The molecule has 0 spiro atoms. The van der Waals surface area contributed by atoms with Crippen LogP contribution in [-0.4, -0.2) is 40.2 Å². The van der Waals surface area contributed by atoms with Crippen molar-refractivity contribution in [2.45, 2.75) is 32.3 Å². The van der Waals surface area contributed by atoms with Crippen molar-refractivity contribution in [2.24, 2.45) is 11.7 Å². The van der Waals surface area contributed by atoms with Crippen LogP contribution in [0.15, 0.2) is 72.8 Å². The molecule has 0 radical (unpaired) electrons. The number of halogens is 1. The highest BCUT2D eigenvalue weighted by Crippen LogP contribution is 2.38. The minimum atomic E-state index is -1.20. The molecule has 0 aliphatic heterocycles. The number of aromatic nitrogens is 1. The van der Waals surface area contributed by atoms with E-state index >= 15 is 4.39 Å². The number of thiophene rings is 1. The third kappa shape index (κ3) is 7.75. The van der Waals surface area contributed by atoms with Gasteiger partial charge in [0.15, 0.2) is 0 Å². The number of pyridine rings is 1. The molecule has 6 N–H and O–H groups in total. The molecule has 0 saturated heterocycles. The molecule has 0 bridgehead atoms. The molecule has 41 heavy (non-hydrogen) atoms. The first-order valence-electron chi connectivity index (χ1n) is 13.2. The van der Waals surface area contributed by atoms with Gasteiger partial charge in [-0.1, -0.05) is 48.5 Å². The van der Waals surface area contributed by atoms with Gasteiger partial charge in [0.1, 0.15) is 16.6 Å². The van der Waals surface area contributed by atoms with E-state index in [1.165, 1.54) is 12.1 Å². The quantitative estimate of drug-likeness (QED) is 0.168. The van der Waals surface area contributed by atoms with Gasteiger partial charge in [-0.3, -0.25) is 9.59 Å². The van der Waals surface area contributed by atoms with Crippen molar-refractivity contribution < 1.29 is 24.2 Å². The third-order valence-electron chi connectivity index (χ3n) is 6.55. The van der Waals surface area contributed by atoms with Crippen LogP contribution >= 0.6 is 11.3 Å². The van der Waals surface area contributed by atoms with Crippen molar-refractivity contribution in [1.82, 2.24) is 10.3 Å². The Kier molecular flexibility index (Phi) is 9.49. The highest BCUT2D eigenvalue weighted by molar-refractivity contribution is 7.20. The normalized spacial score (nSPS) is 12.1. The fraction of sp³-hybridized carbons (Fsp3) is 0.258. The molecule has 4 aromatic rings. The summed E-state index contributed by atoms with van der Waals surface area (Å²) in [4.78, 5) is 30.3. The fourth-order valence-electron chi connectivity index (χ4n) is 4.41. The van der Waals surface area contributed by atoms with Gasteiger partial charge in [-0.2, -0.15) is 0 Å². The van der Waals surface area contributed by atoms with Crippen LogP contribution in [0.3, 0.4) is 0 Å². The molecule has 1 unspecified atom stereocenters. The average molecular weight is 577 g/mol. The van der Waals surface area contributed by atoms with Crippen LogP contribution in [0.1, 0.15) is 41.0 Å². The van der Waals surface area contributed by atoms with Gasteiger partial charge < -0.3 is 26.6 Å². The number of nitrogens with zero attached hydrogens (tertiary/aromatic N) is 1. The van der Waals surface area contributed by atoms with Crippen molar-refractivity contribution in [3.63, 3.8) is 0 Å². The summed E-state index contributed by atoms with van der Waals surface area (Å²) in [6, 6.07) is 21.0. The molecule has 0 aliphatic carbocycles. The second-order valence-corrected chi connectivity index (χ2v) is 11.3. The van der Waals surface area contributed by atoms with Gasteiger partial charge in [0.2, 0.25) is 5.91 Å². The number of hydrogen-bond donors (Lipinski definition) is 5. The van der Waals surface area contributed by atoms with E-state index in [0.29, 0.717) is 39.8 Å². The molecule has 0 saturated carbocycles. The van der Waals surface area contributed by atoms with Gasteiger partial charge in [-0.05, 0) is 55.7 Å². The number of nitrogens with two attached hydrogens (primary N) is 1. The van der Waals surface area contributed by atoms with Crippen LogP contribution in [0.25, 0.3) is 10.4 Å². The Morgan fingerprint density at radius 1 is 1.05 bits per heavy atom. The van der Waals surface area contributed by atoms with Gasteiger partial charge >= 0.3 is 0 Å². The zero-order chi connectivity index (χ0) is 29.6. The molecule has 4 rings (SSSR count). The second-order valence-electron chi connectivity index (χ2n) is 10.2. The Balaban J connectivity index is 1.58. The van der Waals surface area contributed by atoms with E-state index in [0.717, 1.165) is 16.9 Å². The summed E-state index contributed by atoms with van der Waals surface area (Å²) in [5.41, 5.74) is 7.00. The van der Waals surface area contributed by atoms with Crippen molar-refractivity contribution >= 4 is 34.0 Å². The summed E-state index contributed by atoms with van der Waals surface area (Å²) in [5.74, 6) is -1.37. The minimum Gasteiger partial charge on any atom is -0.395 e. The van der Waals surface area contributed by atoms with Gasteiger partial charge in [-0.25, -0.2) is 9.37 Å². The number of aliphatic hydroxyl groups is 2. The molecular weight excluding hydrogens is 543 g/mol. The number of amides is 2. The Hall–Kier alpha value is -4.12. The molecule has 8 nitrogen and oxygen atoms in total. The molecule has 2 amide bonds. The number of rotatable bonds is 12. The molecule has 0 fully saturated rings. The maximum atomic E-state index is 15.0. The van der Waals surface area contributed by atoms with Crippen LogP contribution in [0.5, 0.6) is 0 Å². The van der Waals surface area contributed by atoms with E-state index in [1.807, 2.05) is 36.4 Å². The van der Waals surface area contributed by atoms with Gasteiger partial charge in [0.25, 0.3) is 5.91 Å². The van der Waals surface area contributed by atoms with Crippen LogP contribution in [0.2, 0.25) is 0 Å². The van der Waals surface area contributed by atoms with E-state index in [2.05, 4.69) is 15.6 Å². The second kappa shape index (κ2) is 13.0. The number of benzene rings is 2. The maximum absolute atomic E-state index is 15.0. The highest BCUT2D eigenvalue weighted by Gasteiger charge is 2.22. The average Bonchev–Trinajstić information content (AvgIpc) is 3.35. The summed E-state index contributed by atoms with van der Waals surface area (Å²) in [6.07, 6.45) is 0.841. The number of carbonyl (C=O) groups excluding carboxylic acids is 2. The number of anilines is 2. The predicted molar refractivity (Wildman–Crippen MR) is 158 cm³/mol. The topological polar surface area (TPSA) is 138 Å². The van der Waals surface area contributed by atoms with E-state index in [1.54, 1.807) is 38.1 Å². The van der Waals surface area contributed by atoms with Crippen LogP contribution in [0, 0.1) is 11.7 Å². The summed E-state index contributed by atoms with van der Waals surface area (Å²) >= 11 is 1.16. The maximum Gasteiger partial charge on any atom is 0.251 e. The summed E-state index contributed by atoms with van der Waals surface area (Å²) in [7, 11) is 0. The molecule has 2 aromatic carbocycles. The van der Waals surface area contributed by atoms with Crippen LogP contribution in [-0.2, 0) is 23.2 Å². The van der Waals surface area contributed by atoms with Crippen LogP contribution < -0.4 is 16.4 Å². The Morgan fingerprint density at radius 3 is 2.46 bits per heavy atom. The summed E-state index contributed by atoms with van der Waals surface area (Å²) in [6.45, 7) is 3.16.